The monoisotopic (exact) mass is 497 g/mol. The molecule has 0 saturated carbocycles. The number of furan rings is 1. The van der Waals surface area contributed by atoms with Crippen LogP contribution in [0.1, 0.15) is 41.1 Å². The second-order valence-corrected chi connectivity index (χ2v) is 10.9. The van der Waals surface area contributed by atoms with Gasteiger partial charge in [-0.3, -0.25) is 9.69 Å². The fourth-order valence-corrected chi connectivity index (χ4v) is 6.23. The summed E-state index contributed by atoms with van der Waals surface area (Å²) in [7, 11) is -3.60. The first-order valence-corrected chi connectivity index (χ1v) is 13.3. The van der Waals surface area contributed by atoms with E-state index in [-0.39, 0.29) is 17.3 Å². The molecule has 0 spiro atoms. The number of thiazole rings is 1. The molecular formula is C25H27N3O4S2. The Bertz CT molecular complexity index is 1400. The van der Waals surface area contributed by atoms with Crippen LogP contribution >= 0.6 is 11.3 Å². The molecule has 7 nitrogen and oxygen atoms in total. The maximum Gasteiger partial charge on any atom is 0.260 e. The van der Waals surface area contributed by atoms with Crippen LogP contribution in [0.2, 0.25) is 0 Å². The number of aromatic nitrogens is 1. The largest absolute Gasteiger partial charge is 0.467 e. The molecule has 0 fully saturated rings. The van der Waals surface area contributed by atoms with E-state index in [1.165, 1.54) is 27.8 Å². The van der Waals surface area contributed by atoms with Crippen molar-refractivity contribution in [2.45, 2.75) is 39.1 Å². The summed E-state index contributed by atoms with van der Waals surface area (Å²) >= 11 is 1.44. The molecule has 0 saturated heterocycles. The Hall–Kier alpha value is -3.01. The van der Waals surface area contributed by atoms with Crippen molar-refractivity contribution in [3.8, 4) is 0 Å². The van der Waals surface area contributed by atoms with Gasteiger partial charge in [0.15, 0.2) is 5.13 Å². The van der Waals surface area contributed by atoms with Crippen LogP contribution < -0.4 is 4.90 Å². The molecule has 9 heteroatoms. The van der Waals surface area contributed by atoms with Gasteiger partial charge in [-0.2, -0.15) is 4.31 Å². The maximum atomic E-state index is 13.6. The number of sulfonamides is 1. The van der Waals surface area contributed by atoms with Gasteiger partial charge in [0, 0.05) is 18.7 Å². The molecule has 0 aliphatic rings. The highest BCUT2D eigenvalue weighted by Crippen LogP contribution is 2.33. The topological polar surface area (TPSA) is 83.7 Å². The fraction of sp³-hybridized carbons (Fsp3) is 0.280. The summed E-state index contributed by atoms with van der Waals surface area (Å²) < 4.78 is 33.5. The van der Waals surface area contributed by atoms with Crippen molar-refractivity contribution < 1.29 is 17.6 Å². The minimum atomic E-state index is -3.60. The van der Waals surface area contributed by atoms with Gasteiger partial charge in [-0.1, -0.05) is 31.3 Å². The number of nitrogens with zero attached hydrogens (tertiary/aromatic N) is 3. The Morgan fingerprint density at radius 2 is 1.74 bits per heavy atom. The molecule has 0 atom stereocenters. The Balaban J connectivity index is 1.71. The molecule has 0 aliphatic carbocycles. The molecule has 0 aliphatic heterocycles. The van der Waals surface area contributed by atoms with Crippen molar-refractivity contribution in [3.63, 3.8) is 0 Å². The normalized spacial score (nSPS) is 11.9. The van der Waals surface area contributed by atoms with E-state index < -0.39 is 10.0 Å². The van der Waals surface area contributed by atoms with E-state index in [2.05, 4.69) is 0 Å². The molecule has 0 N–H and O–H groups in total. The number of hydrogen-bond acceptors (Lipinski definition) is 6. The molecule has 1 amide bonds. The molecule has 0 unspecified atom stereocenters. The van der Waals surface area contributed by atoms with Gasteiger partial charge in [0.05, 0.1) is 27.9 Å². The minimum absolute atomic E-state index is 0.163. The van der Waals surface area contributed by atoms with E-state index in [1.807, 2.05) is 32.0 Å². The zero-order chi connectivity index (χ0) is 24.5. The smallest absolute Gasteiger partial charge is 0.260 e. The summed E-state index contributed by atoms with van der Waals surface area (Å²) in [4.78, 5) is 20.1. The number of carbonyl (C=O) groups excluding carboxylic acids is 1. The van der Waals surface area contributed by atoms with Gasteiger partial charge in [0.2, 0.25) is 10.0 Å². The Morgan fingerprint density at radius 3 is 2.35 bits per heavy atom. The third-order valence-electron chi connectivity index (χ3n) is 5.89. The van der Waals surface area contributed by atoms with E-state index in [4.69, 9.17) is 9.40 Å². The summed E-state index contributed by atoms with van der Waals surface area (Å²) in [6, 6.07) is 13.7. The second kappa shape index (κ2) is 9.69. The van der Waals surface area contributed by atoms with Crippen LogP contribution in [0.4, 0.5) is 5.13 Å². The first-order valence-electron chi connectivity index (χ1n) is 11.1. The lowest BCUT2D eigenvalue weighted by Crippen LogP contribution is -2.31. The van der Waals surface area contributed by atoms with Crippen LogP contribution in [0.15, 0.2) is 64.1 Å². The zero-order valence-electron chi connectivity index (χ0n) is 19.6. The van der Waals surface area contributed by atoms with Crippen LogP contribution in [-0.2, 0) is 16.6 Å². The van der Waals surface area contributed by atoms with Gasteiger partial charge in [-0.15, -0.1) is 0 Å². The average molecular weight is 498 g/mol. The number of fused-ring (bicyclic) bond motifs is 1. The molecule has 2 heterocycles. The molecule has 2 aromatic heterocycles. The van der Waals surface area contributed by atoms with Crippen LogP contribution in [-0.4, -0.2) is 36.7 Å². The number of hydrogen-bond donors (Lipinski definition) is 0. The van der Waals surface area contributed by atoms with Crippen LogP contribution in [0.3, 0.4) is 0 Å². The SMILES string of the molecule is CCN(CC)S(=O)(=O)c1ccc(C(=O)N(Cc2ccco2)c2nc3c(C)c(C)ccc3s2)cc1. The van der Waals surface area contributed by atoms with Gasteiger partial charge >= 0.3 is 0 Å². The van der Waals surface area contributed by atoms with E-state index in [9.17, 15) is 13.2 Å². The molecule has 34 heavy (non-hydrogen) atoms. The third kappa shape index (κ3) is 4.51. The van der Waals surface area contributed by atoms with Gasteiger partial charge in [0.25, 0.3) is 5.91 Å². The molecule has 4 rings (SSSR count). The van der Waals surface area contributed by atoms with Crippen molar-refractivity contribution in [1.82, 2.24) is 9.29 Å². The van der Waals surface area contributed by atoms with E-state index >= 15 is 0 Å². The number of rotatable bonds is 8. The number of anilines is 1. The minimum Gasteiger partial charge on any atom is -0.467 e. The summed E-state index contributed by atoms with van der Waals surface area (Å²) in [5.74, 6) is 0.345. The standard InChI is InChI=1S/C25H27N3O4S2/c1-5-27(6-2)34(30,31)21-12-10-19(11-13-21)24(29)28(16-20-8-7-15-32-20)25-26-23-18(4)17(3)9-14-22(23)33-25/h7-15H,5-6,16H2,1-4H3. The molecule has 2 aromatic carbocycles. The molecule has 178 valence electrons. The van der Waals surface area contributed by atoms with Crippen LogP contribution in [0.5, 0.6) is 0 Å². The van der Waals surface area contributed by atoms with Gasteiger partial charge in [-0.25, -0.2) is 13.4 Å². The number of amides is 1. The van der Waals surface area contributed by atoms with E-state index in [0.29, 0.717) is 29.5 Å². The quantitative estimate of drug-likeness (QED) is 0.326. The summed E-state index contributed by atoms with van der Waals surface area (Å²) in [5.41, 5.74) is 3.46. The molecular weight excluding hydrogens is 470 g/mol. The summed E-state index contributed by atoms with van der Waals surface area (Å²) in [6.07, 6.45) is 1.57. The lowest BCUT2D eigenvalue weighted by Gasteiger charge is -2.20. The van der Waals surface area contributed by atoms with Crippen molar-refractivity contribution in [2.24, 2.45) is 0 Å². The molecule has 0 radical (unpaired) electrons. The number of benzene rings is 2. The number of aryl methyl sites for hydroxylation is 2. The highest BCUT2D eigenvalue weighted by molar-refractivity contribution is 7.89. The average Bonchev–Trinajstić information content (AvgIpc) is 3.50. The Morgan fingerprint density at radius 1 is 1.03 bits per heavy atom. The summed E-state index contributed by atoms with van der Waals surface area (Å²) in [6.45, 7) is 8.63. The van der Waals surface area contributed by atoms with Gasteiger partial charge in [-0.05, 0) is 67.4 Å². The van der Waals surface area contributed by atoms with Crippen molar-refractivity contribution in [2.75, 3.05) is 18.0 Å². The third-order valence-corrected chi connectivity index (χ3v) is 9.00. The van der Waals surface area contributed by atoms with E-state index in [1.54, 1.807) is 43.2 Å². The lowest BCUT2D eigenvalue weighted by molar-refractivity contribution is 0.0983. The summed E-state index contributed by atoms with van der Waals surface area (Å²) in [5, 5.41) is 0.560. The number of carbonyl (C=O) groups is 1. The van der Waals surface area contributed by atoms with E-state index in [0.717, 1.165) is 21.3 Å². The maximum absolute atomic E-state index is 13.6. The molecule has 0 bridgehead atoms. The van der Waals surface area contributed by atoms with Crippen molar-refractivity contribution >= 4 is 42.6 Å². The Kier molecular flexibility index (Phi) is 6.88. The predicted molar refractivity (Wildman–Crippen MR) is 135 cm³/mol. The van der Waals surface area contributed by atoms with Crippen molar-refractivity contribution in [3.05, 3.63) is 77.2 Å². The first kappa shape index (κ1) is 24.1. The van der Waals surface area contributed by atoms with Crippen molar-refractivity contribution in [1.29, 1.82) is 0 Å². The lowest BCUT2D eigenvalue weighted by atomic mass is 10.1. The van der Waals surface area contributed by atoms with Gasteiger partial charge in [0.1, 0.15) is 5.76 Å². The Labute approximate surface area is 203 Å². The predicted octanol–water partition coefficient (Wildman–Crippen LogP) is 5.38. The first-order chi connectivity index (χ1) is 16.3. The second-order valence-electron chi connectivity index (χ2n) is 7.94. The van der Waals surface area contributed by atoms with Crippen LogP contribution in [0.25, 0.3) is 10.2 Å². The van der Waals surface area contributed by atoms with Crippen LogP contribution in [0, 0.1) is 13.8 Å². The van der Waals surface area contributed by atoms with Gasteiger partial charge < -0.3 is 4.42 Å². The highest BCUT2D eigenvalue weighted by Gasteiger charge is 2.25. The fourth-order valence-electron chi connectivity index (χ4n) is 3.75. The highest BCUT2D eigenvalue weighted by atomic mass is 32.2. The molecule has 4 aromatic rings. The zero-order valence-corrected chi connectivity index (χ0v) is 21.2.